The van der Waals surface area contributed by atoms with Crippen LogP contribution in [0.1, 0.15) is 35.6 Å². The SMILES string of the molecule is CNC(c1cc(C)ccc1C)C1(C#N)CC1. The second-order valence-electron chi connectivity index (χ2n) is 4.85. The van der Waals surface area contributed by atoms with Gasteiger partial charge >= 0.3 is 0 Å². The van der Waals surface area contributed by atoms with Crippen LogP contribution in [0.25, 0.3) is 0 Å². The fourth-order valence-corrected chi connectivity index (χ4v) is 2.40. The first-order valence-corrected chi connectivity index (χ1v) is 5.78. The number of nitriles is 1. The van der Waals surface area contributed by atoms with Crippen LogP contribution in [0.3, 0.4) is 0 Å². The van der Waals surface area contributed by atoms with E-state index in [-0.39, 0.29) is 11.5 Å². The molecule has 2 nitrogen and oxygen atoms in total. The number of nitrogens with zero attached hydrogens (tertiary/aromatic N) is 1. The standard InChI is InChI=1S/C14H18N2/c1-10-4-5-11(2)12(8-10)13(16-3)14(9-15)6-7-14/h4-5,8,13,16H,6-7H2,1-3H3. The van der Waals surface area contributed by atoms with Gasteiger partial charge in [0.05, 0.1) is 17.5 Å². The highest BCUT2D eigenvalue weighted by atomic mass is 14.9. The molecule has 0 saturated heterocycles. The van der Waals surface area contributed by atoms with Crippen molar-refractivity contribution in [3.8, 4) is 6.07 Å². The molecule has 1 saturated carbocycles. The van der Waals surface area contributed by atoms with Gasteiger partial charge in [-0.3, -0.25) is 0 Å². The second-order valence-corrected chi connectivity index (χ2v) is 4.85. The van der Waals surface area contributed by atoms with Gasteiger partial charge in [-0.25, -0.2) is 0 Å². The molecule has 0 spiro atoms. The minimum absolute atomic E-state index is 0.159. The molecule has 1 aliphatic carbocycles. The van der Waals surface area contributed by atoms with Gasteiger partial charge in [-0.1, -0.05) is 23.8 Å². The number of hydrogen-bond acceptors (Lipinski definition) is 2. The van der Waals surface area contributed by atoms with Crippen molar-refractivity contribution >= 4 is 0 Å². The number of aryl methyl sites for hydroxylation is 2. The monoisotopic (exact) mass is 214 g/mol. The van der Waals surface area contributed by atoms with Crippen molar-refractivity contribution in [2.24, 2.45) is 5.41 Å². The van der Waals surface area contributed by atoms with Gasteiger partial charge in [0.15, 0.2) is 0 Å². The van der Waals surface area contributed by atoms with E-state index in [4.69, 9.17) is 0 Å². The molecule has 1 fully saturated rings. The van der Waals surface area contributed by atoms with Crippen LogP contribution < -0.4 is 5.32 Å². The van der Waals surface area contributed by atoms with Crippen molar-refractivity contribution in [3.05, 3.63) is 34.9 Å². The predicted octanol–water partition coefficient (Wildman–Crippen LogP) is 2.87. The highest BCUT2D eigenvalue weighted by Gasteiger charge is 2.50. The molecule has 84 valence electrons. The summed E-state index contributed by atoms with van der Waals surface area (Å²) in [6.07, 6.45) is 2.03. The number of rotatable bonds is 3. The molecule has 1 aliphatic rings. The summed E-state index contributed by atoms with van der Waals surface area (Å²) in [5, 5.41) is 12.6. The van der Waals surface area contributed by atoms with Gasteiger partial charge < -0.3 is 5.32 Å². The quantitative estimate of drug-likeness (QED) is 0.839. The van der Waals surface area contributed by atoms with Crippen molar-refractivity contribution < 1.29 is 0 Å². The van der Waals surface area contributed by atoms with Crippen LogP contribution in [-0.2, 0) is 0 Å². The predicted molar refractivity (Wildman–Crippen MR) is 65.0 cm³/mol. The van der Waals surface area contributed by atoms with E-state index in [2.05, 4.69) is 43.4 Å². The zero-order chi connectivity index (χ0) is 11.8. The fraction of sp³-hybridized carbons (Fsp3) is 0.500. The van der Waals surface area contributed by atoms with E-state index in [0.29, 0.717) is 0 Å². The van der Waals surface area contributed by atoms with Crippen LogP contribution in [0.5, 0.6) is 0 Å². The first-order chi connectivity index (χ1) is 7.63. The van der Waals surface area contributed by atoms with Gasteiger partial charge in [-0.05, 0) is 44.9 Å². The van der Waals surface area contributed by atoms with Crippen molar-refractivity contribution in [2.45, 2.75) is 32.7 Å². The normalized spacial score (nSPS) is 18.9. The lowest BCUT2D eigenvalue weighted by Gasteiger charge is -2.23. The Morgan fingerprint density at radius 2 is 2.06 bits per heavy atom. The third kappa shape index (κ3) is 1.72. The topological polar surface area (TPSA) is 35.8 Å². The molecule has 2 rings (SSSR count). The molecule has 1 aromatic carbocycles. The zero-order valence-electron chi connectivity index (χ0n) is 10.2. The molecule has 0 aromatic heterocycles. The maximum Gasteiger partial charge on any atom is 0.0769 e. The van der Waals surface area contributed by atoms with Crippen LogP contribution in [0.2, 0.25) is 0 Å². The Labute approximate surface area is 97.3 Å². The van der Waals surface area contributed by atoms with Crippen molar-refractivity contribution in [1.82, 2.24) is 5.32 Å². The Kier molecular flexibility index (Phi) is 2.73. The minimum Gasteiger partial charge on any atom is -0.312 e. The zero-order valence-corrected chi connectivity index (χ0v) is 10.2. The van der Waals surface area contributed by atoms with Crippen LogP contribution in [-0.4, -0.2) is 7.05 Å². The van der Waals surface area contributed by atoms with Gasteiger partial charge in [0.2, 0.25) is 0 Å². The highest BCUT2D eigenvalue weighted by molar-refractivity contribution is 5.37. The largest absolute Gasteiger partial charge is 0.312 e. The lowest BCUT2D eigenvalue weighted by molar-refractivity contribution is 0.442. The van der Waals surface area contributed by atoms with Crippen molar-refractivity contribution in [3.63, 3.8) is 0 Å². The van der Waals surface area contributed by atoms with E-state index in [0.717, 1.165) is 12.8 Å². The smallest absolute Gasteiger partial charge is 0.0769 e. The maximum atomic E-state index is 9.29. The second kappa shape index (κ2) is 3.92. The Bertz CT molecular complexity index is 439. The molecule has 1 N–H and O–H groups in total. The summed E-state index contributed by atoms with van der Waals surface area (Å²) in [7, 11) is 1.95. The fourth-order valence-electron chi connectivity index (χ4n) is 2.40. The Hall–Kier alpha value is -1.33. The first kappa shape index (κ1) is 11.2. The Balaban J connectivity index is 2.42. The molecule has 1 unspecified atom stereocenters. The molecular weight excluding hydrogens is 196 g/mol. The van der Waals surface area contributed by atoms with Gasteiger partial charge in [-0.2, -0.15) is 5.26 Å². The summed E-state index contributed by atoms with van der Waals surface area (Å²) in [5.74, 6) is 0. The summed E-state index contributed by atoms with van der Waals surface area (Å²) in [4.78, 5) is 0. The molecule has 0 heterocycles. The average molecular weight is 214 g/mol. The molecule has 0 aliphatic heterocycles. The molecular formula is C14H18N2. The molecule has 16 heavy (non-hydrogen) atoms. The van der Waals surface area contributed by atoms with Crippen molar-refractivity contribution in [2.75, 3.05) is 7.05 Å². The van der Waals surface area contributed by atoms with E-state index < -0.39 is 0 Å². The number of benzene rings is 1. The molecule has 0 amide bonds. The van der Waals surface area contributed by atoms with E-state index in [1.54, 1.807) is 0 Å². The van der Waals surface area contributed by atoms with Crippen LogP contribution in [0.4, 0.5) is 0 Å². The van der Waals surface area contributed by atoms with Gasteiger partial charge in [0.1, 0.15) is 0 Å². The van der Waals surface area contributed by atoms with Crippen LogP contribution >= 0.6 is 0 Å². The summed E-state index contributed by atoms with van der Waals surface area (Å²) < 4.78 is 0. The third-order valence-electron chi connectivity index (χ3n) is 3.60. The molecule has 1 atom stereocenters. The minimum atomic E-state index is -0.159. The summed E-state index contributed by atoms with van der Waals surface area (Å²) in [6, 6.07) is 9.13. The van der Waals surface area contributed by atoms with Gasteiger partial charge in [0.25, 0.3) is 0 Å². The van der Waals surface area contributed by atoms with Crippen LogP contribution in [0, 0.1) is 30.6 Å². The van der Waals surface area contributed by atoms with Gasteiger partial charge in [-0.15, -0.1) is 0 Å². The number of hydrogen-bond donors (Lipinski definition) is 1. The van der Waals surface area contributed by atoms with E-state index in [1.807, 2.05) is 7.05 Å². The maximum absolute atomic E-state index is 9.29. The molecule has 1 aromatic rings. The van der Waals surface area contributed by atoms with E-state index >= 15 is 0 Å². The highest BCUT2D eigenvalue weighted by Crippen LogP contribution is 2.54. The number of nitrogens with one attached hydrogen (secondary N) is 1. The third-order valence-corrected chi connectivity index (χ3v) is 3.60. The van der Waals surface area contributed by atoms with Gasteiger partial charge in [0, 0.05) is 0 Å². The van der Waals surface area contributed by atoms with Crippen molar-refractivity contribution in [1.29, 1.82) is 5.26 Å². The Morgan fingerprint density at radius 1 is 1.38 bits per heavy atom. The summed E-state index contributed by atoms with van der Waals surface area (Å²) in [5.41, 5.74) is 3.65. The summed E-state index contributed by atoms with van der Waals surface area (Å²) >= 11 is 0. The summed E-state index contributed by atoms with van der Waals surface area (Å²) in [6.45, 7) is 4.22. The Morgan fingerprint density at radius 3 is 2.56 bits per heavy atom. The van der Waals surface area contributed by atoms with Crippen LogP contribution in [0.15, 0.2) is 18.2 Å². The molecule has 0 bridgehead atoms. The first-order valence-electron chi connectivity index (χ1n) is 5.78. The lowest BCUT2D eigenvalue weighted by Crippen LogP contribution is -2.26. The van der Waals surface area contributed by atoms with E-state index in [9.17, 15) is 5.26 Å². The molecule has 0 radical (unpaired) electrons. The molecule has 2 heteroatoms. The average Bonchev–Trinajstić information content (AvgIpc) is 3.05. The van der Waals surface area contributed by atoms with E-state index in [1.165, 1.54) is 16.7 Å². The lowest BCUT2D eigenvalue weighted by atomic mass is 9.88.